The minimum absolute atomic E-state index is 0.336. The molecule has 6 heteroatoms. The Morgan fingerprint density at radius 3 is 2.54 bits per heavy atom. The average Bonchev–Trinajstić information content (AvgIpc) is 3.13. The Kier molecular flexibility index (Phi) is 4.65. The maximum Gasteiger partial charge on any atom is 0.421 e. The summed E-state index contributed by atoms with van der Waals surface area (Å²) in [6, 6.07) is 15.7. The highest BCUT2D eigenvalue weighted by atomic mass is 16.4. The van der Waals surface area contributed by atoms with Crippen LogP contribution in [0.5, 0.6) is 0 Å². The molecule has 0 aliphatic rings. The molecule has 0 bridgehead atoms. The van der Waals surface area contributed by atoms with E-state index in [2.05, 4.69) is 30.9 Å². The first kappa shape index (κ1) is 18.3. The summed E-state index contributed by atoms with van der Waals surface area (Å²) >= 11 is 0. The predicted molar refractivity (Wildman–Crippen MR) is 110 cm³/mol. The van der Waals surface area contributed by atoms with Gasteiger partial charge in [-0.1, -0.05) is 30.3 Å². The fourth-order valence-electron chi connectivity index (χ4n) is 3.65. The van der Waals surface area contributed by atoms with E-state index in [1.807, 2.05) is 55.1 Å². The van der Waals surface area contributed by atoms with Crippen molar-refractivity contribution in [2.45, 2.75) is 34.0 Å². The molecule has 2 aromatic carbocycles. The molecule has 2 heterocycles. The Hall–Kier alpha value is -3.12. The van der Waals surface area contributed by atoms with Gasteiger partial charge in [0.2, 0.25) is 0 Å². The van der Waals surface area contributed by atoms with E-state index in [9.17, 15) is 4.79 Å². The number of benzene rings is 2. The van der Waals surface area contributed by atoms with Crippen LogP contribution >= 0.6 is 0 Å². The zero-order valence-electron chi connectivity index (χ0n) is 16.6. The maximum atomic E-state index is 12.2. The third kappa shape index (κ3) is 3.16. The first-order valence-electron chi connectivity index (χ1n) is 9.33. The van der Waals surface area contributed by atoms with E-state index >= 15 is 0 Å². The van der Waals surface area contributed by atoms with E-state index in [0.717, 1.165) is 22.6 Å². The van der Waals surface area contributed by atoms with Crippen molar-refractivity contribution in [1.29, 1.82) is 0 Å². The second kappa shape index (κ2) is 7.13. The monoisotopic (exact) mass is 376 g/mol. The van der Waals surface area contributed by atoms with Crippen molar-refractivity contribution in [1.82, 2.24) is 19.2 Å². The molecule has 4 aromatic rings. The molecular formula is C22H24N4O2. The van der Waals surface area contributed by atoms with E-state index in [4.69, 9.17) is 9.52 Å². The number of nitrogens with zero attached hydrogens (tertiary/aromatic N) is 4. The zero-order chi connectivity index (χ0) is 19.8. The molecule has 0 N–H and O–H groups in total. The summed E-state index contributed by atoms with van der Waals surface area (Å²) in [7, 11) is 2.00. The number of hydrogen-bond acceptors (Lipinski definition) is 4. The van der Waals surface area contributed by atoms with Gasteiger partial charge in [-0.25, -0.2) is 9.48 Å². The van der Waals surface area contributed by atoms with E-state index in [1.54, 1.807) is 4.57 Å². The van der Waals surface area contributed by atoms with Crippen molar-refractivity contribution in [3.63, 3.8) is 0 Å². The van der Waals surface area contributed by atoms with Crippen LogP contribution in [0.1, 0.15) is 22.5 Å². The van der Waals surface area contributed by atoms with Crippen LogP contribution in [0.15, 0.2) is 57.7 Å². The Labute approximate surface area is 163 Å². The summed E-state index contributed by atoms with van der Waals surface area (Å²) in [5, 5.41) is 4.76. The fraction of sp³-hybridized carbons (Fsp3) is 0.273. The molecule has 0 radical (unpaired) electrons. The molecule has 0 amide bonds. The van der Waals surface area contributed by atoms with Crippen molar-refractivity contribution in [3.05, 3.63) is 81.6 Å². The van der Waals surface area contributed by atoms with Gasteiger partial charge in [-0.05, 0) is 51.6 Å². The van der Waals surface area contributed by atoms with Gasteiger partial charge in [-0.15, -0.1) is 0 Å². The highest BCUT2D eigenvalue weighted by Crippen LogP contribution is 2.22. The van der Waals surface area contributed by atoms with Crippen LogP contribution in [0, 0.1) is 20.8 Å². The summed E-state index contributed by atoms with van der Waals surface area (Å²) in [6.45, 7) is 7.35. The molecule has 0 aliphatic carbocycles. The first-order chi connectivity index (χ1) is 13.5. The van der Waals surface area contributed by atoms with Crippen molar-refractivity contribution in [3.8, 4) is 5.69 Å². The number of hydrogen-bond donors (Lipinski definition) is 0. The number of para-hydroxylation sites is 3. The molecule has 144 valence electrons. The second-order valence-electron chi connectivity index (χ2n) is 7.27. The van der Waals surface area contributed by atoms with Crippen LogP contribution in [0.4, 0.5) is 0 Å². The molecule has 28 heavy (non-hydrogen) atoms. The molecule has 0 atom stereocenters. The molecule has 4 rings (SSSR count). The van der Waals surface area contributed by atoms with Gasteiger partial charge in [0.25, 0.3) is 0 Å². The van der Waals surface area contributed by atoms with Gasteiger partial charge in [0.15, 0.2) is 5.58 Å². The fourth-order valence-corrected chi connectivity index (χ4v) is 3.65. The largest absolute Gasteiger partial charge is 0.421 e. The number of aromatic nitrogens is 3. The quantitative estimate of drug-likeness (QED) is 0.532. The van der Waals surface area contributed by atoms with Gasteiger partial charge in [0.05, 0.1) is 23.6 Å². The van der Waals surface area contributed by atoms with Crippen LogP contribution in [-0.2, 0) is 13.2 Å². The molecule has 0 spiro atoms. The van der Waals surface area contributed by atoms with E-state index in [-0.39, 0.29) is 5.76 Å². The highest BCUT2D eigenvalue weighted by Gasteiger charge is 2.17. The molecule has 2 aromatic heterocycles. The Morgan fingerprint density at radius 2 is 1.75 bits per heavy atom. The number of aryl methyl sites for hydroxylation is 2. The van der Waals surface area contributed by atoms with Crippen molar-refractivity contribution in [2.75, 3.05) is 7.05 Å². The van der Waals surface area contributed by atoms with Crippen molar-refractivity contribution < 1.29 is 4.42 Å². The molecule has 6 nitrogen and oxygen atoms in total. The SMILES string of the molecule is Cc1ccccc1-n1nc(C)c(CN(C)Cn2c(=O)oc3ccccc32)c1C. The van der Waals surface area contributed by atoms with E-state index in [0.29, 0.717) is 18.8 Å². The molecular weight excluding hydrogens is 352 g/mol. The smallest absolute Gasteiger partial charge is 0.408 e. The van der Waals surface area contributed by atoms with Crippen LogP contribution in [-0.4, -0.2) is 26.3 Å². The number of fused-ring (bicyclic) bond motifs is 1. The Morgan fingerprint density at radius 1 is 1.04 bits per heavy atom. The maximum absolute atomic E-state index is 12.2. The number of oxazole rings is 1. The van der Waals surface area contributed by atoms with Crippen LogP contribution in [0.3, 0.4) is 0 Å². The summed E-state index contributed by atoms with van der Waals surface area (Å²) in [5.74, 6) is -0.336. The number of rotatable bonds is 5. The van der Waals surface area contributed by atoms with Crippen LogP contribution in [0.2, 0.25) is 0 Å². The van der Waals surface area contributed by atoms with Crippen molar-refractivity contribution in [2.24, 2.45) is 0 Å². The third-order valence-corrected chi connectivity index (χ3v) is 5.17. The third-order valence-electron chi connectivity index (χ3n) is 5.17. The lowest BCUT2D eigenvalue weighted by atomic mass is 10.1. The van der Waals surface area contributed by atoms with Crippen molar-refractivity contribution >= 4 is 11.1 Å². The summed E-state index contributed by atoms with van der Waals surface area (Å²) in [4.78, 5) is 14.3. The predicted octanol–water partition coefficient (Wildman–Crippen LogP) is 3.79. The van der Waals surface area contributed by atoms with E-state index in [1.165, 1.54) is 11.1 Å². The average molecular weight is 376 g/mol. The van der Waals surface area contributed by atoms with Gasteiger partial charge in [0, 0.05) is 17.8 Å². The topological polar surface area (TPSA) is 56.2 Å². The molecule has 0 saturated carbocycles. The lowest BCUT2D eigenvalue weighted by Gasteiger charge is -2.17. The minimum atomic E-state index is -0.336. The molecule has 0 aliphatic heterocycles. The van der Waals surface area contributed by atoms with Gasteiger partial charge >= 0.3 is 5.76 Å². The van der Waals surface area contributed by atoms with Gasteiger partial charge < -0.3 is 4.42 Å². The minimum Gasteiger partial charge on any atom is -0.408 e. The highest BCUT2D eigenvalue weighted by molar-refractivity contribution is 5.72. The Balaban J connectivity index is 1.62. The van der Waals surface area contributed by atoms with E-state index < -0.39 is 0 Å². The van der Waals surface area contributed by atoms with Gasteiger partial charge in [-0.2, -0.15) is 5.10 Å². The standard InChI is InChI=1S/C22H24N4O2/c1-15-9-5-6-10-19(15)26-17(3)18(16(2)23-26)13-24(4)14-25-20-11-7-8-12-21(20)28-22(25)27/h5-12H,13-14H2,1-4H3. The first-order valence-corrected chi connectivity index (χ1v) is 9.33. The summed E-state index contributed by atoms with van der Waals surface area (Å²) in [5.41, 5.74) is 6.98. The molecule has 0 fully saturated rings. The lowest BCUT2D eigenvalue weighted by Crippen LogP contribution is -2.27. The van der Waals surface area contributed by atoms with Crippen LogP contribution in [0.25, 0.3) is 16.8 Å². The lowest BCUT2D eigenvalue weighted by molar-refractivity contribution is 0.252. The zero-order valence-corrected chi connectivity index (χ0v) is 16.6. The summed E-state index contributed by atoms with van der Waals surface area (Å²) < 4.78 is 9.00. The summed E-state index contributed by atoms with van der Waals surface area (Å²) in [6.07, 6.45) is 0. The Bertz CT molecular complexity index is 1200. The molecule has 0 saturated heterocycles. The van der Waals surface area contributed by atoms with Gasteiger partial charge in [0.1, 0.15) is 0 Å². The normalized spacial score (nSPS) is 11.6. The van der Waals surface area contributed by atoms with Crippen LogP contribution < -0.4 is 5.76 Å². The van der Waals surface area contributed by atoms with Gasteiger partial charge in [-0.3, -0.25) is 9.47 Å². The molecule has 0 unspecified atom stereocenters. The second-order valence-corrected chi connectivity index (χ2v) is 7.27.